The van der Waals surface area contributed by atoms with E-state index in [1.54, 1.807) is 0 Å². The summed E-state index contributed by atoms with van der Waals surface area (Å²) in [5.41, 5.74) is 10.8. The van der Waals surface area contributed by atoms with Gasteiger partial charge in [0, 0.05) is 41.8 Å². The van der Waals surface area contributed by atoms with Crippen LogP contribution in [0, 0.1) is 12.3 Å². The average Bonchev–Trinajstić information content (AvgIpc) is 3.12. The Morgan fingerprint density at radius 1 is 0.931 bits per heavy atom. The molecule has 1 aromatic carbocycles. The highest BCUT2D eigenvalue weighted by molar-refractivity contribution is 6.41. The second-order valence-corrected chi connectivity index (χ2v) is 8.80. The maximum Gasteiger partial charge on any atom is 0.248 e. The van der Waals surface area contributed by atoms with E-state index < -0.39 is 17.0 Å². The van der Waals surface area contributed by atoms with Crippen LogP contribution in [0.15, 0.2) is 46.6 Å². The third kappa shape index (κ3) is 2.65. The lowest BCUT2D eigenvalue weighted by molar-refractivity contribution is -0.0815. The fourth-order valence-corrected chi connectivity index (χ4v) is 5.28. The van der Waals surface area contributed by atoms with E-state index in [4.69, 9.17) is 15.7 Å². The molecule has 3 aliphatic rings. The fourth-order valence-electron chi connectivity index (χ4n) is 5.28. The molecule has 29 heavy (non-hydrogen) atoms. The van der Waals surface area contributed by atoms with Gasteiger partial charge >= 0.3 is 0 Å². The van der Waals surface area contributed by atoms with Crippen LogP contribution in [0.25, 0.3) is 11.1 Å². The number of amidine groups is 1. The minimum absolute atomic E-state index is 0.124. The molecule has 2 spiro atoms. The topological polar surface area (TPSA) is 63.6 Å². The summed E-state index contributed by atoms with van der Waals surface area (Å²) in [5, 5.41) is 0. The van der Waals surface area contributed by atoms with Gasteiger partial charge in [-0.25, -0.2) is 13.8 Å². The molecule has 2 N–H and O–H groups in total. The van der Waals surface area contributed by atoms with Gasteiger partial charge in [0.05, 0.1) is 5.71 Å². The van der Waals surface area contributed by atoms with Crippen molar-refractivity contribution in [1.82, 2.24) is 4.98 Å². The predicted octanol–water partition coefficient (Wildman–Crippen LogP) is 4.79. The first-order valence-corrected chi connectivity index (χ1v) is 10.1. The standard InChI is InChI=1S/C23H24F2N4/c1-14-9-18(13-27-12-14)16-3-4-17-11-21(5-7-22(24,25)8-6-21)23(19(17)10-16)28-15(2)20(26)29-23/h3-4,9-10,12-13H,5-8,11H2,1-2H3,(H2,26,29). The van der Waals surface area contributed by atoms with E-state index in [0.29, 0.717) is 30.8 Å². The van der Waals surface area contributed by atoms with Crippen molar-refractivity contribution in [2.75, 3.05) is 0 Å². The van der Waals surface area contributed by atoms with Gasteiger partial charge in [-0.05, 0) is 61.9 Å². The number of hydrogen-bond acceptors (Lipinski definition) is 4. The highest BCUT2D eigenvalue weighted by Crippen LogP contribution is 2.63. The maximum absolute atomic E-state index is 14.0. The number of halogens is 2. The van der Waals surface area contributed by atoms with Gasteiger partial charge in [-0.1, -0.05) is 12.1 Å². The Balaban J connectivity index is 1.67. The number of rotatable bonds is 1. The minimum Gasteiger partial charge on any atom is -0.382 e. The van der Waals surface area contributed by atoms with Crippen molar-refractivity contribution in [3.8, 4) is 11.1 Å². The minimum atomic E-state index is -2.60. The molecule has 1 atom stereocenters. The van der Waals surface area contributed by atoms with E-state index in [-0.39, 0.29) is 12.8 Å². The molecular weight excluding hydrogens is 370 g/mol. The summed E-state index contributed by atoms with van der Waals surface area (Å²) in [7, 11) is 0. The number of aromatic nitrogens is 1. The molecule has 150 valence electrons. The van der Waals surface area contributed by atoms with Crippen molar-refractivity contribution in [3.05, 3.63) is 53.3 Å². The van der Waals surface area contributed by atoms with Crippen LogP contribution in [0.1, 0.15) is 49.3 Å². The fraction of sp³-hybridized carbons (Fsp3) is 0.435. The van der Waals surface area contributed by atoms with Crippen molar-refractivity contribution >= 4 is 11.5 Å². The number of alkyl halides is 2. The molecule has 0 bridgehead atoms. The Kier molecular flexibility index (Phi) is 3.77. The van der Waals surface area contributed by atoms with E-state index >= 15 is 0 Å². The van der Waals surface area contributed by atoms with Gasteiger partial charge in [0.25, 0.3) is 0 Å². The van der Waals surface area contributed by atoms with Gasteiger partial charge in [-0.3, -0.25) is 9.98 Å². The third-order valence-electron chi connectivity index (χ3n) is 6.88. The zero-order valence-corrected chi connectivity index (χ0v) is 16.7. The molecule has 0 amide bonds. The van der Waals surface area contributed by atoms with E-state index in [2.05, 4.69) is 29.2 Å². The molecule has 1 saturated carbocycles. The zero-order chi connectivity index (χ0) is 20.4. The number of hydrogen-bond donors (Lipinski definition) is 1. The van der Waals surface area contributed by atoms with Crippen LogP contribution in [-0.4, -0.2) is 22.5 Å². The molecule has 1 fully saturated rings. The van der Waals surface area contributed by atoms with Gasteiger partial charge in [-0.15, -0.1) is 0 Å². The molecule has 0 saturated heterocycles. The number of nitrogens with two attached hydrogens (primary N) is 1. The Morgan fingerprint density at radius 3 is 2.34 bits per heavy atom. The van der Waals surface area contributed by atoms with Crippen LogP contribution < -0.4 is 5.73 Å². The summed E-state index contributed by atoms with van der Waals surface area (Å²) in [5.74, 6) is -2.19. The van der Waals surface area contributed by atoms with Gasteiger partial charge in [0.2, 0.25) is 5.92 Å². The van der Waals surface area contributed by atoms with Crippen LogP contribution >= 0.6 is 0 Å². The first kappa shape index (κ1) is 18.4. The monoisotopic (exact) mass is 394 g/mol. The van der Waals surface area contributed by atoms with E-state index in [1.165, 1.54) is 0 Å². The molecule has 6 heteroatoms. The van der Waals surface area contributed by atoms with Crippen LogP contribution in [0.5, 0.6) is 0 Å². The van der Waals surface area contributed by atoms with Crippen molar-refractivity contribution in [2.24, 2.45) is 21.1 Å². The van der Waals surface area contributed by atoms with Crippen molar-refractivity contribution < 1.29 is 8.78 Å². The number of aryl methyl sites for hydroxylation is 1. The van der Waals surface area contributed by atoms with Crippen molar-refractivity contribution in [1.29, 1.82) is 0 Å². The van der Waals surface area contributed by atoms with Crippen LogP contribution in [-0.2, 0) is 12.1 Å². The Bertz CT molecular complexity index is 1040. The van der Waals surface area contributed by atoms with Gasteiger partial charge in [0.1, 0.15) is 5.84 Å². The summed E-state index contributed by atoms with van der Waals surface area (Å²) in [6, 6.07) is 8.39. The van der Waals surface area contributed by atoms with E-state index in [1.807, 2.05) is 26.2 Å². The van der Waals surface area contributed by atoms with Crippen LogP contribution in [0.3, 0.4) is 0 Å². The molecule has 1 unspecified atom stereocenters. The second-order valence-electron chi connectivity index (χ2n) is 8.80. The molecule has 0 radical (unpaired) electrons. The zero-order valence-electron chi connectivity index (χ0n) is 16.7. The Labute approximate surface area is 169 Å². The molecule has 1 aliphatic heterocycles. The number of aliphatic imine (C=N–C) groups is 2. The number of benzene rings is 1. The third-order valence-corrected chi connectivity index (χ3v) is 6.88. The van der Waals surface area contributed by atoms with Gasteiger partial charge in [-0.2, -0.15) is 0 Å². The number of pyridine rings is 1. The Hall–Kier alpha value is -2.63. The maximum atomic E-state index is 14.0. The van der Waals surface area contributed by atoms with E-state index in [9.17, 15) is 8.78 Å². The lowest BCUT2D eigenvalue weighted by Gasteiger charge is -2.44. The molecule has 2 aliphatic carbocycles. The summed E-state index contributed by atoms with van der Waals surface area (Å²) in [6.07, 6.45) is 4.91. The summed E-state index contributed by atoms with van der Waals surface area (Å²) in [6.45, 7) is 3.86. The smallest absolute Gasteiger partial charge is 0.248 e. The summed E-state index contributed by atoms with van der Waals surface area (Å²) >= 11 is 0. The highest BCUT2D eigenvalue weighted by atomic mass is 19.3. The van der Waals surface area contributed by atoms with Crippen molar-refractivity contribution in [2.45, 2.75) is 57.5 Å². The Morgan fingerprint density at radius 2 is 1.69 bits per heavy atom. The molecule has 5 rings (SSSR count). The summed E-state index contributed by atoms with van der Waals surface area (Å²) in [4.78, 5) is 14.1. The van der Waals surface area contributed by atoms with E-state index in [0.717, 1.165) is 27.8 Å². The molecule has 4 nitrogen and oxygen atoms in total. The highest BCUT2D eigenvalue weighted by Gasteiger charge is 2.62. The molecule has 1 aromatic heterocycles. The predicted molar refractivity (Wildman–Crippen MR) is 110 cm³/mol. The molecule has 2 heterocycles. The SMILES string of the molecule is CC1=NC2(N=C1N)c1cc(-c3cncc(C)c3)ccc1CC21CCC(F)(F)CC1. The van der Waals surface area contributed by atoms with Crippen LogP contribution in [0.2, 0.25) is 0 Å². The first-order valence-electron chi connectivity index (χ1n) is 10.1. The van der Waals surface area contributed by atoms with Crippen molar-refractivity contribution in [3.63, 3.8) is 0 Å². The molecular formula is C23H24F2N4. The number of fused-ring (bicyclic) bond motifs is 3. The van der Waals surface area contributed by atoms with Gasteiger partial charge in [0.15, 0.2) is 5.66 Å². The number of nitrogens with zero attached hydrogens (tertiary/aromatic N) is 3. The first-order chi connectivity index (χ1) is 13.7. The van der Waals surface area contributed by atoms with Crippen LogP contribution in [0.4, 0.5) is 8.78 Å². The summed E-state index contributed by atoms with van der Waals surface area (Å²) < 4.78 is 28.0. The average molecular weight is 394 g/mol. The second kappa shape index (κ2) is 5.94. The lowest BCUT2D eigenvalue weighted by atomic mass is 9.65. The quantitative estimate of drug-likeness (QED) is 0.756. The largest absolute Gasteiger partial charge is 0.382 e. The lowest BCUT2D eigenvalue weighted by Crippen LogP contribution is -2.44. The molecule has 2 aromatic rings. The van der Waals surface area contributed by atoms with Gasteiger partial charge < -0.3 is 5.73 Å². The normalized spacial score (nSPS) is 26.5.